The second kappa shape index (κ2) is 5.89. The maximum Gasteiger partial charge on any atom is 0.0673 e. The molecule has 0 saturated carbocycles. The Bertz CT molecular complexity index is 350. The van der Waals surface area contributed by atoms with Gasteiger partial charge in [-0.2, -0.15) is 0 Å². The molecule has 1 aromatic rings. The fourth-order valence-electron chi connectivity index (χ4n) is 2.06. The molecule has 0 aromatic heterocycles. The standard InChI is InChI=1S/C14H21NOS/c1-10-3-6-13(16-10)9-17-14-7-4-12(5-8-14)11(2)15/h4-5,7-8,10-11,13H,3,6,9,15H2,1-2H3. The molecule has 1 heterocycles. The van der Waals surface area contributed by atoms with E-state index >= 15 is 0 Å². The molecule has 0 spiro atoms. The van der Waals surface area contributed by atoms with Crippen molar-refractivity contribution >= 4 is 11.8 Å². The third-order valence-corrected chi connectivity index (χ3v) is 4.31. The lowest BCUT2D eigenvalue weighted by Gasteiger charge is -2.11. The summed E-state index contributed by atoms with van der Waals surface area (Å²) in [4.78, 5) is 1.30. The van der Waals surface area contributed by atoms with Gasteiger partial charge in [0.2, 0.25) is 0 Å². The summed E-state index contributed by atoms with van der Waals surface area (Å²) in [6.07, 6.45) is 3.28. The van der Waals surface area contributed by atoms with Crippen LogP contribution in [0.4, 0.5) is 0 Å². The average Bonchev–Trinajstić information content (AvgIpc) is 2.73. The summed E-state index contributed by atoms with van der Waals surface area (Å²) in [5.41, 5.74) is 7.02. The third kappa shape index (κ3) is 3.73. The summed E-state index contributed by atoms with van der Waals surface area (Å²) in [6, 6.07) is 8.66. The lowest BCUT2D eigenvalue weighted by atomic mass is 10.1. The molecule has 0 bridgehead atoms. The van der Waals surface area contributed by atoms with Crippen molar-refractivity contribution in [2.75, 3.05) is 5.75 Å². The Morgan fingerprint density at radius 3 is 2.59 bits per heavy atom. The van der Waals surface area contributed by atoms with Crippen LogP contribution in [-0.4, -0.2) is 18.0 Å². The van der Waals surface area contributed by atoms with Crippen molar-refractivity contribution in [1.82, 2.24) is 0 Å². The van der Waals surface area contributed by atoms with Gasteiger partial charge >= 0.3 is 0 Å². The quantitative estimate of drug-likeness (QED) is 0.833. The molecular weight excluding hydrogens is 230 g/mol. The van der Waals surface area contributed by atoms with Crippen molar-refractivity contribution in [2.24, 2.45) is 5.73 Å². The minimum Gasteiger partial charge on any atom is -0.374 e. The number of hydrogen-bond acceptors (Lipinski definition) is 3. The molecule has 94 valence electrons. The molecule has 1 aromatic carbocycles. The van der Waals surface area contributed by atoms with Crippen LogP contribution in [0.15, 0.2) is 29.2 Å². The molecular formula is C14H21NOS. The number of benzene rings is 1. The lowest BCUT2D eigenvalue weighted by Crippen LogP contribution is -2.10. The van der Waals surface area contributed by atoms with Crippen molar-refractivity contribution in [2.45, 2.75) is 49.8 Å². The molecule has 1 fully saturated rings. The van der Waals surface area contributed by atoms with Crippen LogP contribution in [0.2, 0.25) is 0 Å². The maximum atomic E-state index is 5.83. The first-order valence-corrected chi connectivity index (χ1v) is 7.27. The van der Waals surface area contributed by atoms with Crippen molar-refractivity contribution in [1.29, 1.82) is 0 Å². The van der Waals surface area contributed by atoms with Gasteiger partial charge < -0.3 is 10.5 Å². The predicted molar refractivity (Wildman–Crippen MR) is 73.3 cm³/mol. The Balaban J connectivity index is 1.83. The van der Waals surface area contributed by atoms with E-state index in [0.717, 1.165) is 5.75 Å². The van der Waals surface area contributed by atoms with E-state index < -0.39 is 0 Å². The number of hydrogen-bond donors (Lipinski definition) is 1. The molecule has 2 nitrogen and oxygen atoms in total. The number of ether oxygens (including phenoxy) is 1. The molecule has 1 aliphatic rings. The number of thioether (sulfide) groups is 1. The zero-order valence-corrected chi connectivity index (χ0v) is 11.4. The van der Waals surface area contributed by atoms with Crippen molar-refractivity contribution in [3.63, 3.8) is 0 Å². The summed E-state index contributed by atoms with van der Waals surface area (Å²) >= 11 is 1.87. The van der Waals surface area contributed by atoms with Gasteiger partial charge in [-0.15, -0.1) is 11.8 Å². The van der Waals surface area contributed by atoms with Crippen LogP contribution in [-0.2, 0) is 4.74 Å². The first kappa shape index (κ1) is 12.9. The van der Waals surface area contributed by atoms with Gasteiger partial charge in [-0.1, -0.05) is 12.1 Å². The Morgan fingerprint density at radius 1 is 1.35 bits per heavy atom. The van der Waals surface area contributed by atoms with Crippen LogP contribution < -0.4 is 5.73 Å². The minimum absolute atomic E-state index is 0.119. The molecule has 3 atom stereocenters. The summed E-state index contributed by atoms with van der Waals surface area (Å²) in [5, 5.41) is 0. The van der Waals surface area contributed by atoms with E-state index in [0.29, 0.717) is 12.2 Å². The van der Waals surface area contributed by atoms with Crippen LogP contribution in [0.25, 0.3) is 0 Å². The molecule has 1 saturated heterocycles. The molecule has 2 N–H and O–H groups in total. The summed E-state index contributed by atoms with van der Waals surface area (Å²) in [7, 11) is 0. The predicted octanol–water partition coefficient (Wildman–Crippen LogP) is 3.37. The number of rotatable bonds is 4. The Hall–Kier alpha value is -0.510. The summed E-state index contributed by atoms with van der Waals surface area (Å²) in [6.45, 7) is 4.16. The van der Waals surface area contributed by atoms with E-state index in [1.54, 1.807) is 0 Å². The Morgan fingerprint density at radius 2 is 2.06 bits per heavy atom. The molecule has 0 aliphatic carbocycles. The van der Waals surface area contributed by atoms with E-state index in [1.807, 2.05) is 18.7 Å². The molecule has 2 rings (SSSR count). The second-order valence-electron chi connectivity index (χ2n) is 4.81. The molecule has 3 heteroatoms. The highest BCUT2D eigenvalue weighted by molar-refractivity contribution is 7.99. The highest BCUT2D eigenvalue weighted by Gasteiger charge is 2.21. The minimum atomic E-state index is 0.119. The molecule has 0 radical (unpaired) electrons. The largest absolute Gasteiger partial charge is 0.374 e. The monoisotopic (exact) mass is 251 g/mol. The first-order chi connectivity index (χ1) is 8.15. The summed E-state index contributed by atoms with van der Waals surface area (Å²) < 4.78 is 5.80. The fraction of sp³-hybridized carbons (Fsp3) is 0.571. The lowest BCUT2D eigenvalue weighted by molar-refractivity contribution is 0.0700. The topological polar surface area (TPSA) is 35.2 Å². The van der Waals surface area contributed by atoms with Gasteiger partial charge in [-0.3, -0.25) is 0 Å². The highest BCUT2D eigenvalue weighted by atomic mass is 32.2. The van der Waals surface area contributed by atoms with E-state index in [2.05, 4.69) is 31.2 Å². The van der Waals surface area contributed by atoms with E-state index in [4.69, 9.17) is 10.5 Å². The van der Waals surface area contributed by atoms with Crippen LogP contribution in [0.5, 0.6) is 0 Å². The van der Waals surface area contributed by atoms with Gasteiger partial charge in [0.05, 0.1) is 12.2 Å². The van der Waals surface area contributed by atoms with Crippen molar-refractivity contribution in [3.8, 4) is 0 Å². The van der Waals surface area contributed by atoms with E-state index in [-0.39, 0.29) is 6.04 Å². The number of nitrogens with two attached hydrogens (primary N) is 1. The Labute approximate surface area is 108 Å². The normalized spacial score (nSPS) is 26.1. The average molecular weight is 251 g/mol. The van der Waals surface area contributed by atoms with Gasteiger partial charge in [0, 0.05) is 16.7 Å². The fourth-order valence-corrected chi connectivity index (χ4v) is 3.02. The van der Waals surface area contributed by atoms with Crippen LogP contribution >= 0.6 is 11.8 Å². The SMILES string of the molecule is CC1CCC(CSc2ccc(C(C)N)cc2)O1. The van der Waals surface area contributed by atoms with Gasteiger partial charge in [0.1, 0.15) is 0 Å². The Kier molecular flexibility index (Phi) is 4.48. The van der Waals surface area contributed by atoms with Gasteiger partial charge in [0.15, 0.2) is 0 Å². The van der Waals surface area contributed by atoms with Gasteiger partial charge in [-0.05, 0) is 44.4 Å². The van der Waals surface area contributed by atoms with Crippen molar-refractivity contribution in [3.05, 3.63) is 29.8 Å². The van der Waals surface area contributed by atoms with Crippen LogP contribution in [0.1, 0.15) is 38.3 Å². The van der Waals surface area contributed by atoms with Crippen molar-refractivity contribution < 1.29 is 4.74 Å². The highest BCUT2D eigenvalue weighted by Crippen LogP contribution is 2.27. The zero-order chi connectivity index (χ0) is 12.3. The van der Waals surface area contributed by atoms with Gasteiger partial charge in [-0.25, -0.2) is 0 Å². The zero-order valence-electron chi connectivity index (χ0n) is 10.6. The second-order valence-corrected chi connectivity index (χ2v) is 5.91. The first-order valence-electron chi connectivity index (χ1n) is 6.29. The molecule has 0 amide bonds. The molecule has 1 aliphatic heterocycles. The van der Waals surface area contributed by atoms with E-state index in [9.17, 15) is 0 Å². The smallest absolute Gasteiger partial charge is 0.0673 e. The molecule has 3 unspecified atom stereocenters. The van der Waals surface area contributed by atoms with Crippen LogP contribution in [0, 0.1) is 0 Å². The third-order valence-electron chi connectivity index (χ3n) is 3.16. The summed E-state index contributed by atoms with van der Waals surface area (Å²) in [5.74, 6) is 1.06. The van der Waals surface area contributed by atoms with Gasteiger partial charge in [0.25, 0.3) is 0 Å². The maximum absolute atomic E-state index is 5.83. The van der Waals surface area contributed by atoms with E-state index in [1.165, 1.54) is 23.3 Å². The molecule has 17 heavy (non-hydrogen) atoms. The van der Waals surface area contributed by atoms with Crippen LogP contribution in [0.3, 0.4) is 0 Å².